The van der Waals surface area contributed by atoms with Gasteiger partial charge in [-0.25, -0.2) is 0 Å². The van der Waals surface area contributed by atoms with Crippen molar-refractivity contribution in [1.82, 2.24) is 5.32 Å². The smallest absolute Gasteiger partial charge is 0.326 e. The number of esters is 1. The number of thioether (sulfide) groups is 1. The number of halogens is 1. The van der Waals surface area contributed by atoms with E-state index in [4.69, 9.17) is 4.74 Å². The lowest BCUT2D eigenvalue weighted by Crippen LogP contribution is -2.54. The van der Waals surface area contributed by atoms with E-state index in [0.29, 0.717) is 5.25 Å². The van der Waals surface area contributed by atoms with E-state index in [1.165, 1.54) is 12.0 Å². The van der Waals surface area contributed by atoms with Crippen molar-refractivity contribution >= 4 is 33.7 Å². The Balaban J connectivity index is 2.08. The van der Waals surface area contributed by atoms with Crippen LogP contribution in [0.5, 0.6) is 0 Å². The van der Waals surface area contributed by atoms with Gasteiger partial charge in [0.25, 0.3) is 0 Å². The number of hydrogen-bond acceptors (Lipinski definition) is 4. The van der Waals surface area contributed by atoms with Crippen LogP contribution in [0.3, 0.4) is 0 Å². The highest BCUT2D eigenvalue weighted by Crippen LogP contribution is 2.39. The number of nitrogens with one attached hydrogen (secondary N) is 1. The molecular formula is C15H20BrNO2S. The summed E-state index contributed by atoms with van der Waals surface area (Å²) in [7, 11) is 3.32. The normalized spacial score (nSPS) is 26.2. The zero-order valence-corrected chi connectivity index (χ0v) is 14.2. The topological polar surface area (TPSA) is 38.3 Å². The van der Waals surface area contributed by atoms with E-state index in [2.05, 4.69) is 33.4 Å². The van der Waals surface area contributed by atoms with Gasteiger partial charge in [-0.3, -0.25) is 4.79 Å². The molecule has 5 heteroatoms. The zero-order valence-electron chi connectivity index (χ0n) is 11.8. The maximum Gasteiger partial charge on any atom is 0.326 e. The van der Waals surface area contributed by atoms with Gasteiger partial charge in [-0.1, -0.05) is 22.0 Å². The zero-order chi connectivity index (χ0) is 14.6. The Morgan fingerprint density at radius 2 is 2.35 bits per heavy atom. The summed E-state index contributed by atoms with van der Waals surface area (Å²) >= 11 is 5.34. The van der Waals surface area contributed by atoms with Gasteiger partial charge in [0.1, 0.15) is 5.54 Å². The number of carbonyl (C=O) groups is 1. The molecule has 1 N–H and O–H groups in total. The molecule has 0 aromatic heterocycles. The second-order valence-electron chi connectivity index (χ2n) is 5.12. The van der Waals surface area contributed by atoms with Crippen LogP contribution in [0, 0.1) is 0 Å². The largest absolute Gasteiger partial charge is 0.468 e. The van der Waals surface area contributed by atoms with Crippen LogP contribution in [-0.4, -0.2) is 30.9 Å². The molecule has 3 nitrogen and oxygen atoms in total. The summed E-state index contributed by atoms with van der Waals surface area (Å²) in [6.45, 7) is 0. The molecule has 1 fully saturated rings. The van der Waals surface area contributed by atoms with Crippen LogP contribution >= 0.6 is 27.7 Å². The van der Waals surface area contributed by atoms with E-state index in [-0.39, 0.29) is 5.97 Å². The average molecular weight is 358 g/mol. The van der Waals surface area contributed by atoms with Crippen molar-refractivity contribution in [1.29, 1.82) is 0 Å². The molecule has 0 bridgehead atoms. The number of hydrogen-bond donors (Lipinski definition) is 1. The summed E-state index contributed by atoms with van der Waals surface area (Å²) in [6, 6.07) is 8.31. The van der Waals surface area contributed by atoms with Gasteiger partial charge < -0.3 is 10.1 Å². The number of benzene rings is 1. The molecule has 20 heavy (non-hydrogen) atoms. The fourth-order valence-electron chi connectivity index (χ4n) is 2.77. The summed E-state index contributed by atoms with van der Waals surface area (Å²) in [5.74, 6) is -0.139. The van der Waals surface area contributed by atoms with E-state index in [0.717, 1.165) is 30.2 Å². The van der Waals surface area contributed by atoms with E-state index in [1.54, 1.807) is 0 Å². The third kappa shape index (κ3) is 3.57. The molecule has 110 valence electrons. The first-order valence-electron chi connectivity index (χ1n) is 6.79. The second-order valence-corrected chi connectivity index (χ2v) is 7.41. The number of rotatable bonds is 4. The van der Waals surface area contributed by atoms with Gasteiger partial charge in [0.15, 0.2) is 0 Å². The van der Waals surface area contributed by atoms with Crippen LogP contribution in [0.1, 0.15) is 25.7 Å². The SMILES string of the molecule is CNC1(C(=O)OC)CCCC(Sc2cccc(Br)c2)C1. The first-order valence-corrected chi connectivity index (χ1v) is 8.46. The predicted octanol–water partition coefficient (Wildman–Crippen LogP) is 3.62. The molecule has 2 atom stereocenters. The highest BCUT2D eigenvalue weighted by atomic mass is 79.9. The average Bonchev–Trinajstić information content (AvgIpc) is 2.46. The van der Waals surface area contributed by atoms with Crippen LogP contribution in [0.25, 0.3) is 0 Å². The van der Waals surface area contributed by atoms with Gasteiger partial charge in [-0.2, -0.15) is 0 Å². The highest BCUT2D eigenvalue weighted by Gasteiger charge is 2.42. The Morgan fingerprint density at radius 3 is 3.00 bits per heavy atom. The standard InChI is InChI=1S/C15H20BrNO2S/c1-17-15(14(18)19-2)8-4-7-13(10-15)20-12-6-3-5-11(16)9-12/h3,5-6,9,13,17H,4,7-8,10H2,1-2H3. The number of likely N-dealkylation sites (N-methyl/N-ethyl adjacent to an activating group) is 1. The Morgan fingerprint density at radius 1 is 1.55 bits per heavy atom. The number of methoxy groups -OCH3 is 1. The van der Waals surface area contributed by atoms with Crippen molar-refractivity contribution < 1.29 is 9.53 Å². The molecule has 1 aromatic rings. The van der Waals surface area contributed by atoms with Crippen molar-refractivity contribution in [3.05, 3.63) is 28.7 Å². The lowest BCUT2D eigenvalue weighted by molar-refractivity contribution is -0.149. The fourth-order valence-corrected chi connectivity index (χ4v) is 4.71. The molecule has 0 spiro atoms. The fraction of sp³-hybridized carbons (Fsp3) is 0.533. The van der Waals surface area contributed by atoms with Crippen LogP contribution in [0.4, 0.5) is 0 Å². The van der Waals surface area contributed by atoms with Gasteiger partial charge in [-0.05, 0) is 50.9 Å². The van der Waals surface area contributed by atoms with Crippen LogP contribution in [0.2, 0.25) is 0 Å². The van der Waals surface area contributed by atoms with Gasteiger partial charge in [0.05, 0.1) is 7.11 Å². The van der Waals surface area contributed by atoms with Crippen molar-refractivity contribution in [3.63, 3.8) is 0 Å². The molecule has 0 aliphatic heterocycles. The van der Waals surface area contributed by atoms with Crippen molar-refractivity contribution in [2.75, 3.05) is 14.2 Å². The van der Waals surface area contributed by atoms with Crippen molar-refractivity contribution in [2.24, 2.45) is 0 Å². The first-order chi connectivity index (χ1) is 9.59. The highest BCUT2D eigenvalue weighted by molar-refractivity contribution is 9.10. The van der Waals surface area contributed by atoms with Crippen LogP contribution in [0.15, 0.2) is 33.6 Å². The Labute approximate surface area is 133 Å². The van der Waals surface area contributed by atoms with E-state index in [1.807, 2.05) is 30.9 Å². The Kier molecular flexibility index (Phi) is 5.52. The molecule has 2 rings (SSSR count). The number of carbonyl (C=O) groups excluding carboxylic acids is 1. The molecular weight excluding hydrogens is 338 g/mol. The number of ether oxygens (including phenoxy) is 1. The van der Waals surface area contributed by atoms with Gasteiger partial charge in [-0.15, -0.1) is 11.8 Å². The Bertz CT molecular complexity index is 483. The quantitative estimate of drug-likeness (QED) is 0.835. The minimum atomic E-state index is -0.517. The predicted molar refractivity (Wildman–Crippen MR) is 86.1 cm³/mol. The van der Waals surface area contributed by atoms with E-state index in [9.17, 15) is 4.79 Å². The molecule has 1 aliphatic carbocycles. The molecule has 2 unspecified atom stereocenters. The second kappa shape index (κ2) is 6.96. The van der Waals surface area contributed by atoms with Gasteiger partial charge in [0.2, 0.25) is 0 Å². The first kappa shape index (κ1) is 15.9. The van der Waals surface area contributed by atoms with E-state index >= 15 is 0 Å². The summed E-state index contributed by atoms with van der Waals surface area (Å²) < 4.78 is 6.07. The summed E-state index contributed by atoms with van der Waals surface area (Å²) in [5, 5.41) is 3.63. The molecule has 0 saturated heterocycles. The summed E-state index contributed by atoms with van der Waals surface area (Å²) in [5.41, 5.74) is -0.517. The molecule has 0 amide bonds. The summed E-state index contributed by atoms with van der Waals surface area (Å²) in [4.78, 5) is 13.3. The van der Waals surface area contributed by atoms with Gasteiger partial charge in [0, 0.05) is 14.6 Å². The summed E-state index contributed by atoms with van der Waals surface area (Å²) in [6.07, 6.45) is 3.85. The molecule has 1 aromatic carbocycles. The third-order valence-corrected chi connectivity index (χ3v) is 5.61. The Hall–Kier alpha value is -0.520. The monoisotopic (exact) mass is 357 g/mol. The van der Waals surface area contributed by atoms with Gasteiger partial charge >= 0.3 is 5.97 Å². The minimum absolute atomic E-state index is 0.139. The maximum absolute atomic E-state index is 12.1. The lowest BCUT2D eigenvalue weighted by atomic mass is 9.81. The van der Waals surface area contributed by atoms with Crippen molar-refractivity contribution in [2.45, 2.75) is 41.4 Å². The molecule has 1 aliphatic rings. The van der Waals surface area contributed by atoms with Crippen molar-refractivity contribution in [3.8, 4) is 0 Å². The molecule has 1 saturated carbocycles. The molecule has 0 heterocycles. The van der Waals surface area contributed by atoms with Crippen LogP contribution < -0.4 is 5.32 Å². The lowest BCUT2D eigenvalue weighted by Gasteiger charge is -2.38. The van der Waals surface area contributed by atoms with Crippen LogP contribution in [-0.2, 0) is 9.53 Å². The third-order valence-electron chi connectivity index (χ3n) is 3.86. The molecule has 0 radical (unpaired) electrons. The van der Waals surface area contributed by atoms with E-state index < -0.39 is 5.54 Å². The minimum Gasteiger partial charge on any atom is -0.468 e. The maximum atomic E-state index is 12.1.